The SMILES string of the molecule is O=C(Cn1cc[n+](CC(=O)c2cccc(F)c2)c1)c1cccc(F)c1. The zero-order valence-electron chi connectivity index (χ0n) is 13.2. The largest absolute Gasteiger partial charge is 0.290 e. The summed E-state index contributed by atoms with van der Waals surface area (Å²) in [5.74, 6) is -1.40. The van der Waals surface area contributed by atoms with Gasteiger partial charge >= 0.3 is 0 Å². The summed E-state index contributed by atoms with van der Waals surface area (Å²) in [6.07, 6.45) is 4.90. The fourth-order valence-corrected chi connectivity index (χ4v) is 2.46. The summed E-state index contributed by atoms with van der Waals surface area (Å²) in [6, 6.07) is 11.0. The van der Waals surface area contributed by atoms with E-state index in [2.05, 4.69) is 0 Å². The second-order valence-corrected chi connectivity index (χ2v) is 5.63. The average Bonchev–Trinajstić information content (AvgIpc) is 3.01. The molecule has 3 rings (SSSR count). The van der Waals surface area contributed by atoms with Gasteiger partial charge in [-0.2, -0.15) is 0 Å². The molecule has 0 radical (unpaired) electrons. The van der Waals surface area contributed by atoms with Crippen LogP contribution in [-0.2, 0) is 13.1 Å². The molecule has 25 heavy (non-hydrogen) atoms. The van der Waals surface area contributed by atoms with Crippen LogP contribution in [-0.4, -0.2) is 16.1 Å². The van der Waals surface area contributed by atoms with Crippen molar-refractivity contribution in [3.63, 3.8) is 0 Å². The van der Waals surface area contributed by atoms with Crippen LogP contribution in [0.4, 0.5) is 8.78 Å². The number of aromatic nitrogens is 2. The second kappa shape index (κ2) is 7.17. The zero-order chi connectivity index (χ0) is 17.8. The number of ketones is 2. The third-order valence-corrected chi connectivity index (χ3v) is 3.69. The number of Topliss-reactive ketones (excluding diaryl/α,β-unsaturated/α-hetero) is 2. The van der Waals surface area contributed by atoms with E-state index in [-0.39, 0.29) is 35.8 Å². The number of rotatable bonds is 6. The lowest BCUT2D eigenvalue weighted by atomic mass is 10.1. The maximum atomic E-state index is 13.2. The zero-order valence-corrected chi connectivity index (χ0v) is 13.2. The molecule has 0 aliphatic carbocycles. The first kappa shape index (κ1) is 16.7. The Balaban J connectivity index is 1.66. The van der Waals surface area contributed by atoms with Gasteiger partial charge in [0.05, 0.1) is 0 Å². The lowest BCUT2D eigenvalue weighted by molar-refractivity contribution is -0.682. The molecular weight excluding hydrogens is 326 g/mol. The van der Waals surface area contributed by atoms with E-state index in [9.17, 15) is 18.4 Å². The van der Waals surface area contributed by atoms with E-state index >= 15 is 0 Å². The lowest BCUT2D eigenvalue weighted by Crippen LogP contribution is -2.36. The van der Waals surface area contributed by atoms with E-state index in [4.69, 9.17) is 0 Å². The molecule has 4 nitrogen and oxygen atoms in total. The molecule has 0 saturated carbocycles. The highest BCUT2D eigenvalue weighted by molar-refractivity contribution is 5.96. The highest BCUT2D eigenvalue weighted by atomic mass is 19.1. The van der Waals surface area contributed by atoms with Crippen LogP contribution in [0.2, 0.25) is 0 Å². The van der Waals surface area contributed by atoms with Crippen LogP contribution < -0.4 is 4.57 Å². The highest BCUT2D eigenvalue weighted by Crippen LogP contribution is 2.06. The summed E-state index contributed by atoms with van der Waals surface area (Å²) in [4.78, 5) is 24.3. The Bertz CT molecular complexity index is 860. The minimum Gasteiger partial charge on any atom is -0.290 e. The number of carbonyl (C=O) groups is 2. The average molecular weight is 341 g/mol. The first-order valence-corrected chi connectivity index (χ1v) is 7.63. The number of benzene rings is 2. The fraction of sp³-hybridized carbons (Fsp3) is 0.105. The van der Waals surface area contributed by atoms with E-state index in [1.165, 1.54) is 36.4 Å². The second-order valence-electron chi connectivity index (χ2n) is 5.63. The summed E-state index contributed by atoms with van der Waals surface area (Å²) in [6.45, 7) is 0.0647. The molecule has 126 valence electrons. The van der Waals surface area contributed by atoms with Gasteiger partial charge in [0.2, 0.25) is 17.9 Å². The lowest BCUT2D eigenvalue weighted by Gasteiger charge is -1.99. The third kappa shape index (κ3) is 4.23. The highest BCUT2D eigenvalue weighted by Gasteiger charge is 2.15. The van der Waals surface area contributed by atoms with Crippen LogP contribution in [0.1, 0.15) is 20.7 Å². The van der Waals surface area contributed by atoms with Crippen molar-refractivity contribution in [3.05, 3.63) is 90.0 Å². The summed E-state index contributed by atoms with van der Waals surface area (Å²) in [5, 5.41) is 0. The molecule has 0 amide bonds. The number of hydrogen-bond donors (Lipinski definition) is 0. The molecule has 0 aliphatic heterocycles. The third-order valence-electron chi connectivity index (χ3n) is 3.69. The van der Waals surface area contributed by atoms with Gasteiger partial charge in [0.25, 0.3) is 0 Å². The minimum atomic E-state index is -0.464. The standard InChI is InChI=1S/C19H15F2N2O2/c20-16-5-1-3-14(9-16)18(24)11-22-7-8-23(13-22)12-19(25)15-4-2-6-17(21)10-15/h1-10,13H,11-12H2/q+1. The van der Waals surface area contributed by atoms with Gasteiger partial charge < -0.3 is 0 Å². The van der Waals surface area contributed by atoms with E-state index in [1.54, 1.807) is 40.0 Å². The summed E-state index contributed by atoms with van der Waals surface area (Å²) < 4.78 is 29.6. The van der Waals surface area contributed by atoms with Gasteiger partial charge in [-0.15, -0.1) is 0 Å². The maximum Gasteiger partial charge on any atom is 0.244 e. The Morgan fingerprint density at radius 1 is 0.920 bits per heavy atom. The topological polar surface area (TPSA) is 43.0 Å². The van der Waals surface area contributed by atoms with E-state index in [0.717, 1.165) is 0 Å². The van der Waals surface area contributed by atoms with Crippen molar-refractivity contribution in [2.24, 2.45) is 0 Å². The molecule has 0 atom stereocenters. The predicted molar refractivity (Wildman–Crippen MR) is 86.1 cm³/mol. The van der Waals surface area contributed by atoms with Crippen molar-refractivity contribution >= 4 is 11.6 Å². The Morgan fingerprint density at radius 2 is 1.52 bits per heavy atom. The van der Waals surface area contributed by atoms with Crippen molar-refractivity contribution in [2.75, 3.05) is 0 Å². The molecule has 0 fully saturated rings. The van der Waals surface area contributed by atoms with Crippen molar-refractivity contribution in [2.45, 2.75) is 13.1 Å². The van der Waals surface area contributed by atoms with Crippen molar-refractivity contribution in [3.8, 4) is 0 Å². The van der Waals surface area contributed by atoms with Gasteiger partial charge in [0.15, 0.2) is 13.1 Å². The molecule has 3 aromatic rings. The van der Waals surface area contributed by atoms with E-state index < -0.39 is 11.6 Å². The smallest absolute Gasteiger partial charge is 0.244 e. The molecule has 0 aliphatic rings. The quantitative estimate of drug-likeness (QED) is 0.511. The van der Waals surface area contributed by atoms with Crippen LogP contribution in [0.15, 0.2) is 67.3 Å². The van der Waals surface area contributed by atoms with Crippen LogP contribution in [0.25, 0.3) is 0 Å². The van der Waals surface area contributed by atoms with Crippen molar-refractivity contribution < 1.29 is 22.9 Å². The first-order chi connectivity index (χ1) is 12.0. The molecule has 2 aromatic carbocycles. The Morgan fingerprint density at radius 3 is 2.12 bits per heavy atom. The Kier molecular flexibility index (Phi) is 4.79. The van der Waals surface area contributed by atoms with Gasteiger partial charge in [0.1, 0.15) is 24.0 Å². The molecular formula is C19H15F2N2O2+. The summed E-state index contributed by atoms with van der Waals surface area (Å²) in [5.41, 5.74) is 0.576. The van der Waals surface area contributed by atoms with Gasteiger partial charge in [-0.25, -0.2) is 17.9 Å². The molecule has 1 aromatic heterocycles. The molecule has 6 heteroatoms. The van der Waals surface area contributed by atoms with Crippen LogP contribution in [0, 0.1) is 11.6 Å². The number of imidazole rings is 1. The minimum absolute atomic E-state index is 0.0324. The molecule has 0 unspecified atom stereocenters. The molecule has 0 spiro atoms. The normalized spacial score (nSPS) is 10.6. The maximum absolute atomic E-state index is 13.2. The van der Waals surface area contributed by atoms with Gasteiger partial charge in [-0.3, -0.25) is 9.59 Å². The number of carbonyl (C=O) groups excluding carboxylic acids is 2. The van der Waals surface area contributed by atoms with Crippen molar-refractivity contribution in [1.29, 1.82) is 0 Å². The monoisotopic (exact) mass is 341 g/mol. The van der Waals surface area contributed by atoms with Crippen LogP contribution >= 0.6 is 0 Å². The summed E-state index contributed by atoms with van der Waals surface area (Å²) >= 11 is 0. The van der Waals surface area contributed by atoms with Gasteiger partial charge in [-0.05, 0) is 24.3 Å². The van der Waals surface area contributed by atoms with Crippen LogP contribution in [0.3, 0.4) is 0 Å². The Labute approximate surface area is 143 Å². The molecule has 0 bridgehead atoms. The Hall–Kier alpha value is -3.15. The molecule has 1 heterocycles. The van der Waals surface area contributed by atoms with Crippen LogP contribution in [0.5, 0.6) is 0 Å². The first-order valence-electron chi connectivity index (χ1n) is 7.63. The van der Waals surface area contributed by atoms with E-state index in [0.29, 0.717) is 0 Å². The summed E-state index contributed by atoms with van der Waals surface area (Å²) in [7, 11) is 0. The number of hydrogen-bond acceptors (Lipinski definition) is 2. The van der Waals surface area contributed by atoms with Gasteiger partial charge in [0, 0.05) is 11.1 Å². The fourth-order valence-electron chi connectivity index (χ4n) is 2.46. The number of nitrogens with zero attached hydrogens (tertiary/aromatic N) is 2. The molecule has 0 saturated heterocycles. The predicted octanol–water partition coefficient (Wildman–Crippen LogP) is 2.82. The van der Waals surface area contributed by atoms with Crippen molar-refractivity contribution in [1.82, 2.24) is 4.57 Å². The molecule has 0 N–H and O–H groups in total. The van der Waals surface area contributed by atoms with E-state index in [1.807, 2.05) is 0 Å². The van der Waals surface area contributed by atoms with Gasteiger partial charge in [-0.1, -0.05) is 24.3 Å². The number of halogens is 2.